The van der Waals surface area contributed by atoms with E-state index in [1.165, 1.54) is 0 Å². The van der Waals surface area contributed by atoms with Crippen molar-refractivity contribution in [2.45, 2.75) is 6.29 Å². The Kier molecular flexibility index (Phi) is 22.3. The predicted octanol–water partition coefficient (Wildman–Crippen LogP) is 3.95. The molecule has 0 bridgehead atoms. The molecule has 1 N–H and O–H groups in total. The molecule has 0 saturated heterocycles. The Bertz CT molecular complexity index is 1040. The summed E-state index contributed by atoms with van der Waals surface area (Å²) < 4.78 is 48.1. The smallest absolute Gasteiger partial charge is 0.338 e. The standard InChI is InChI=1S/C34H48O11/c1-3-29-6-10-31(11-7-29)33(35)44-27-25-42-23-21-40-18-17-38-14-4-5-30-8-12-32(13-9-30)34(36)45-28-26-43-24-22-41-20-19-39-16-15-37-2/h3-13,33,35H,1,14-28H2,2H3/b5-4-. The van der Waals surface area contributed by atoms with E-state index in [2.05, 4.69) is 6.58 Å². The summed E-state index contributed by atoms with van der Waals surface area (Å²) in [6, 6.07) is 14.5. The maximum atomic E-state index is 12.2. The average Bonchev–Trinajstić information content (AvgIpc) is 3.07. The molecule has 0 aliphatic rings. The first-order valence-electron chi connectivity index (χ1n) is 15.0. The Morgan fingerprint density at radius 3 is 1.71 bits per heavy atom. The van der Waals surface area contributed by atoms with Gasteiger partial charge in [0.25, 0.3) is 0 Å². The molecule has 250 valence electrons. The molecule has 0 fully saturated rings. The highest BCUT2D eigenvalue weighted by Gasteiger charge is 2.08. The van der Waals surface area contributed by atoms with Gasteiger partial charge in [0.1, 0.15) is 6.61 Å². The zero-order valence-corrected chi connectivity index (χ0v) is 26.3. The van der Waals surface area contributed by atoms with E-state index < -0.39 is 12.3 Å². The van der Waals surface area contributed by atoms with E-state index in [0.29, 0.717) is 97.0 Å². The normalized spacial score (nSPS) is 12.0. The fraction of sp³-hybridized carbons (Fsp3) is 0.500. The van der Waals surface area contributed by atoms with Crippen molar-refractivity contribution in [2.24, 2.45) is 0 Å². The molecule has 11 nitrogen and oxygen atoms in total. The molecule has 0 aliphatic carbocycles. The van der Waals surface area contributed by atoms with Crippen LogP contribution in [0.4, 0.5) is 0 Å². The van der Waals surface area contributed by atoms with Crippen LogP contribution in [0.25, 0.3) is 12.2 Å². The summed E-state index contributed by atoms with van der Waals surface area (Å²) in [5.74, 6) is -0.398. The lowest BCUT2D eigenvalue weighted by atomic mass is 10.1. The minimum absolute atomic E-state index is 0.168. The lowest BCUT2D eigenvalue weighted by molar-refractivity contribution is -0.117. The number of carbonyl (C=O) groups excluding carboxylic acids is 1. The lowest BCUT2D eigenvalue weighted by Crippen LogP contribution is -2.14. The third-order valence-electron chi connectivity index (χ3n) is 6.01. The van der Waals surface area contributed by atoms with Crippen molar-refractivity contribution in [1.29, 1.82) is 0 Å². The Balaban J connectivity index is 1.39. The van der Waals surface area contributed by atoms with E-state index in [9.17, 15) is 9.90 Å². The highest BCUT2D eigenvalue weighted by molar-refractivity contribution is 5.89. The Hall–Kier alpha value is -2.97. The van der Waals surface area contributed by atoms with Crippen LogP contribution in [0.3, 0.4) is 0 Å². The van der Waals surface area contributed by atoms with E-state index in [-0.39, 0.29) is 13.2 Å². The number of benzene rings is 2. The van der Waals surface area contributed by atoms with Gasteiger partial charge in [-0.25, -0.2) is 4.79 Å². The molecule has 1 unspecified atom stereocenters. The second-order valence-electron chi connectivity index (χ2n) is 9.38. The number of methoxy groups -OCH3 is 1. The van der Waals surface area contributed by atoms with Crippen molar-refractivity contribution in [3.05, 3.63) is 83.4 Å². The zero-order chi connectivity index (χ0) is 32.2. The van der Waals surface area contributed by atoms with Crippen molar-refractivity contribution in [3.63, 3.8) is 0 Å². The molecule has 0 aromatic heterocycles. The summed E-state index contributed by atoms with van der Waals surface area (Å²) in [5, 5.41) is 10.0. The third kappa shape index (κ3) is 19.2. The molecule has 1 atom stereocenters. The number of hydrogen-bond acceptors (Lipinski definition) is 11. The maximum absolute atomic E-state index is 12.2. The Morgan fingerprint density at radius 1 is 0.667 bits per heavy atom. The number of aliphatic hydroxyl groups excluding tert-OH is 1. The van der Waals surface area contributed by atoms with Crippen LogP contribution < -0.4 is 0 Å². The molecule has 0 radical (unpaired) electrons. The van der Waals surface area contributed by atoms with Crippen LogP contribution in [-0.4, -0.2) is 117 Å². The molecule has 2 rings (SSSR count). The largest absolute Gasteiger partial charge is 0.460 e. The van der Waals surface area contributed by atoms with E-state index in [4.69, 9.17) is 42.6 Å². The van der Waals surface area contributed by atoms with E-state index in [1.54, 1.807) is 37.5 Å². The summed E-state index contributed by atoms with van der Waals surface area (Å²) >= 11 is 0. The van der Waals surface area contributed by atoms with Crippen molar-refractivity contribution in [3.8, 4) is 0 Å². The first kappa shape index (κ1) is 38.2. The Labute approximate surface area is 266 Å². The topological polar surface area (TPSA) is 120 Å². The van der Waals surface area contributed by atoms with Crippen molar-refractivity contribution < 1.29 is 52.5 Å². The van der Waals surface area contributed by atoms with E-state index >= 15 is 0 Å². The average molecular weight is 633 g/mol. The number of ether oxygens (including phenoxy) is 9. The monoisotopic (exact) mass is 632 g/mol. The molecule has 0 saturated carbocycles. The van der Waals surface area contributed by atoms with E-state index in [0.717, 1.165) is 11.1 Å². The molecular weight excluding hydrogens is 584 g/mol. The molecule has 2 aromatic carbocycles. The number of rotatable bonds is 28. The molecule has 11 heteroatoms. The highest BCUT2D eigenvalue weighted by Crippen LogP contribution is 2.15. The summed E-state index contributed by atoms with van der Waals surface area (Å²) in [5.41, 5.74) is 3.08. The molecule has 0 heterocycles. The quantitative estimate of drug-likeness (QED) is 0.0834. The summed E-state index contributed by atoms with van der Waals surface area (Å²) in [4.78, 5) is 12.2. The van der Waals surface area contributed by atoms with Gasteiger partial charge in [0.15, 0.2) is 6.29 Å². The zero-order valence-electron chi connectivity index (χ0n) is 26.3. The number of aliphatic hydroxyl groups is 1. The van der Waals surface area contributed by atoms with Crippen LogP contribution in [0.5, 0.6) is 0 Å². The summed E-state index contributed by atoms with van der Waals surface area (Å²) in [7, 11) is 1.63. The Morgan fingerprint density at radius 2 is 1.16 bits per heavy atom. The van der Waals surface area contributed by atoms with Crippen LogP contribution in [0.2, 0.25) is 0 Å². The number of carbonyl (C=O) groups is 1. The van der Waals surface area contributed by atoms with Gasteiger partial charge in [-0.05, 0) is 23.3 Å². The number of hydrogen-bond donors (Lipinski definition) is 1. The second-order valence-corrected chi connectivity index (χ2v) is 9.38. The maximum Gasteiger partial charge on any atom is 0.338 e. The van der Waals surface area contributed by atoms with Gasteiger partial charge in [-0.3, -0.25) is 0 Å². The number of esters is 1. The van der Waals surface area contributed by atoms with Gasteiger partial charge in [-0.15, -0.1) is 0 Å². The summed E-state index contributed by atoms with van der Waals surface area (Å²) in [6.45, 7) is 9.99. The van der Waals surface area contributed by atoms with Crippen LogP contribution in [0.15, 0.2) is 61.2 Å². The van der Waals surface area contributed by atoms with Crippen LogP contribution in [-0.2, 0) is 42.6 Å². The van der Waals surface area contributed by atoms with Gasteiger partial charge in [-0.1, -0.05) is 61.2 Å². The fourth-order valence-corrected chi connectivity index (χ4v) is 3.58. The van der Waals surface area contributed by atoms with Crippen molar-refractivity contribution in [2.75, 3.05) is 106 Å². The molecule has 45 heavy (non-hydrogen) atoms. The first-order valence-corrected chi connectivity index (χ1v) is 15.0. The third-order valence-corrected chi connectivity index (χ3v) is 6.01. The fourth-order valence-electron chi connectivity index (χ4n) is 3.58. The van der Waals surface area contributed by atoms with Gasteiger partial charge in [0, 0.05) is 12.7 Å². The minimum atomic E-state index is -0.991. The van der Waals surface area contributed by atoms with Gasteiger partial charge >= 0.3 is 5.97 Å². The van der Waals surface area contributed by atoms with Crippen molar-refractivity contribution in [1.82, 2.24) is 0 Å². The predicted molar refractivity (Wildman–Crippen MR) is 170 cm³/mol. The second kappa shape index (κ2) is 26.3. The van der Waals surface area contributed by atoms with Gasteiger partial charge in [0.05, 0.1) is 98.1 Å². The van der Waals surface area contributed by atoms with Crippen LogP contribution in [0, 0.1) is 0 Å². The highest BCUT2D eigenvalue weighted by atomic mass is 16.6. The molecular formula is C34H48O11. The molecule has 0 amide bonds. The van der Waals surface area contributed by atoms with Gasteiger partial charge < -0.3 is 47.7 Å². The minimum Gasteiger partial charge on any atom is -0.460 e. The molecule has 0 aliphatic heterocycles. The lowest BCUT2D eigenvalue weighted by Gasteiger charge is -2.13. The summed E-state index contributed by atoms with van der Waals surface area (Å²) in [6.07, 6.45) is 4.57. The SMILES string of the molecule is C=Cc1ccc(C(O)OCCOCCOCCOC/C=C\c2ccc(C(=O)OCCOCCOCCOCCOC)cc2)cc1. The molecule has 2 aromatic rings. The first-order chi connectivity index (χ1) is 22.1. The van der Waals surface area contributed by atoms with Gasteiger partial charge in [0.2, 0.25) is 0 Å². The van der Waals surface area contributed by atoms with Gasteiger partial charge in [-0.2, -0.15) is 0 Å². The van der Waals surface area contributed by atoms with Crippen LogP contribution in [0.1, 0.15) is 33.3 Å². The van der Waals surface area contributed by atoms with Crippen LogP contribution >= 0.6 is 0 Å². The van der Waals surface area contributed by atoms with E-state index in [1.807, 2.05) is 36.4 Å². The molecule has 0 spiro atoms. The van der Waals surface area contributed by atoms with Crippen molar-refractivity contribution >= 4 is 18.1 Å².